The van der Waals surface area contributed by atoms with Crippen molar-refractivity contribution in [3.05, 3.63) is 64.7 Å². The van der Waals surface area contributed by atoms with E-state index in [1.165, 1.54) is 18.1 Å². The number of hydrogen-bond donors (Lipinski definition) is 2. The van der Waals surface area contributed by atoms with Crippen molar-refractivity contribution < 1.29 is 29.3 Å². The molecular formula is C25H28N2O6. The number of aromatic hydroxyl groups is 1. The van der Waals surface area contributed by atoms with Gasteiger partial charge >= 0.3 is 0 Å². The molecule has 2 aromatic carbocycles. The summed E-state index contributed by atoms with van der Waals surface area (Å²) in [4.78, 5) is 29.9. The van der Waals surface area contributed by atoms with Crippen LogP contribution in [0.25, 0.3) is 5.76 Å². The number of ether oxygens (including phenoxy) is 2. The number of aryl methyl sites for hydroxylation is 1. The van der Waals surface area contributed by atoms with Crippen LogP contribution in [0.3, 0.4) is 0 Å². The van der Waals surface area contributed by atoms with Gasteiger partial charge in [0, 0.05) is 31.7 Å². The molecule has 2 fully saturated rings. The summed E-state index contributed by atoms with van der Waals surface area (Å²) >= 11 is 0. The van der Waals surface area contributed by atoms with Gasteiger partial charge in [-0.3, -0.25) is 14.5 Å². The molecule has 8 nitrogen and oxygen atoms in total. The number of ketones is 1. The minimum absolute atomic E-state index is 0.0265. The van der Waals surface area contributed by atoms with Gasteiger partial charge in [-0.05, 0) is 24.6 Å². The van der Waals surface area contributed by atoms with Crippen LogP contribution < -0.4 is 4.74 Å². The maximum Gasteiger partial charge on any atom is 0.295 e. The summed E-state index contributed by atoms with van der Waals surface area (Å²) in [6.07, 6.45) is 0. The SMILES string of the molecule is COc1cc([C@@H]2C(=C(O)c3ccc(C)cc3)C(=O)C(=O)N2CCN2CCOCC2)ccc1O. The van der Waals surface area contributed by atoms with Crippen molar-refractivity contribution in [2.75, 3.05) is 46.5 Å². The number of rotatable bonds is 6. The summed E-state index contributed by atoms with van der Waals surface area (Å²) in [6.45, 7) is 5.58. The Morgan fingerprint density at radius 3 is 2.45 bits per heavy atom. The highest BCUT2D eigenvalue weighted by molar-refractivity contribution is 6.46. The molecule has 1 amide bonds. The molecule has 0 unspecified atom stereocenters. The molecule has 0 radical (unpaired) electrons. The highest BCUT2D eigenvalue weighted by Crippen LogP contribution is 2.41. The molecule has 33 heavy (non-hydrogen) atoms. The van der Waals surface area contributed by atoms with E-state index in [4.69, 9.17) is 9.47 Å². The van der Waals surface area contributed by atoms with E-state index >= 15 is 0 Å². The van der Waals surface area contributed by atoms with Gasteiger partial charge < -0.3 is 24.6 Å². The topological polar surface area (TPSA) is 99.5 Å². The average molecular weight is 453 g/mol. The highest BCUT2D eigenvalue weighted by atomic mass is 16.5. The number of morpholine rings is 1. The second kappa shape index (κ2) is 9.64. The molecule has 2 aliphatic rings. The molecule has 2 saturated heterocycles. The fourth-order valence-electron chi connectivity index (χ4n) is 4.26. The number of benzene rings is 2. The zero-order valence-electron chi connectivity index (χ0n) is 18.8. The maximum atomic E-state index is 13.1. The van der Waals surface area contributed by atoms with E-state index in [1.807, 2.05) is 19.1 Å². The van der Waals surface area contributed by atoms with E-state index in [0.29, 0.717) is 37.4 Å². The van der Waals surface area contributed by atoms with Crippen LogP contribution in [0, 0.1) is 6.92 Å². The summed E-state index contributed by atoms with van der Waals surface area (Å²) in [5.41, 5.74) is 2.07. The predicted molar refractivity (Wildman–Crippen MR) is 122 cm³/mol. The molecule has 174 valence electrons. The van der Waals surface area contributed by atoms with E-state index in [2.05, 4.69) is 4.90 Å². The van der Waals surface area contributed by atoms with E-state index in [1.54, 1.807) is 24.3 Å². The van der Waals surface area contributed by atoms with Crippen molar-refractivity contribution in [1.29, 1.82) is 0 Å². The average Bonchev–Trinajstić information content (AvgIpc) is 3.08. The molecule has 1 atom stereocenters. The lowest BCUT2D eigenvalue weighted by Gasteiger charge is -2.31. The molecule has 2 heterocycles. The molecule has 0 saturated carbocycles. The van der Waals surface area contributed by atoms with E-state index in [0.717, 1.165) is 18.7 Å². The van der Waals surface area contributed by atoms with Gasteiger partial charge in [-0.25, -0.2) is 0 Å². The number of carbonyl (C=O) groups is 2. The van der Waals surface area contributed by atoms with Crippen LogP contribution in [0.15, 0.2) is 48.0 Å². The second-order valence-electron chi connectivity index (χ2n) is 8.24. The molecule has 8 heteroatoms. The summed E-state index contributed by atoms with van der Waals surface area (Å²) in [6, 6.07) is 11.0. The quantitative estimate of drug-likeness (QED) is 0.395. The highest BCUT2D eigenvalue weighted by Gasteiger charge is 2.46. The Labute approximate surface area is 192 Å². The van der Waals surface area contributed by atoms with Crippen molar-refractivity contribution >= 4 is 17.4 Å². The Morgan fingerprint density at radius 2 is 1.79 bits per heavy atom. The molecular weight excluding hydrogens is 424 g/mol. The number of amides is 1. The number of phenolic OH excluding ortho intramolecular Hbond substituents is 1. The van der Waals surface area contributed by atoms with E-state index in [-0.39, 0.29) is 22.8 Å². The lowest BCUT2D eigenvalue weighted by molar-refractivity contribution is -0.140. The normalized spacial score (nSPS) is 20.9. The third-order valence-corrected chi connectivity index (χ3v) is 6.15. The van der Waals surface area contributed by atoms with Gasteiger partial charge in [-0.1, -0.05) is 35.9 Å². The fraction of sp³-hybridized carbons (Fsp3) is 0.360. The maximum absolute atomic E-state index is 13.1. The molecule has 2 N–H and O–H groups in total. The third kappa shape index (κ3) is 4.58. The summed E-state index contributed by atoms with van der Waals surface area (Å²) in [7, 11) is 1.43. The fourth-order valence-corrected chi connectivity index (χ4v) is 4.26. The van der Waals surface area contributed by atoms with Crippen LogP contribution in [0.4, 0.5) is 0 Å². The van der Waals surface area contributed by atoms with Gasteiger partial charge in [0.25, 0.3) is 11.7 Å². The molecule has 4 rings (SSSR count). The van der Waals surface area contributed by atoms with Crippen molar-refractivity contribution in [2.24, 2.45) is 0 Å². The number of aliphatic hydroxyl groups is 1. The first-order valence-corrected chi connectivity index (χ1v) is 10.9. The number of aliphatic hydroxyl groups excluding tert-OH is 1. The Morgan fingerprint density at radius 1 is 1.09 bits per heavy atom. The van der Waals surface area contributed by atoms with Gasteiger partial charge in [0.05, 0.1) is 31.9 Å². The second-order valence-corrected chi connectivity index (χ2v) is 8.24. The number of Topliss-reactive ketones (excluding diaryl/α,β-unsaturated/α-hetero) is 1. The van der Waals surface area contributed by atoms with E-state index in [9.17, 15) is 19.8 Å². The molecule has 2 aliphatic heterocycles. The Hall–Kier alpha value is -3.36. The number of carbonyl (C=O) groups excluding carboxylic acids is 2. The Kier molecular flexibility index (Phi) is 6.67. The van der Waals surface area contributed by atoms with Crippen LogP contribution in [-0.2, 0) is 14.3 Å². The van der Waals surface area contributed by atoms with Gasteiger partial charge in [0.15, 0.2) is 11.5 Å². The number of hydrogen-bond acceptors (Lipinski definition) is 7. The number of phenols is 1. The van der Waals surface area contributed by atoms with Crippen LogP contribution in [0.2, 0.25) is 0 Å². The van der Waals surface area contributed by atoms with Crippen LogP contribution in [0.5, 0.6) is 11.5 Å². The molecule has 0 bridgehead atoms. The zero-order chi connectivity index (χ0) is 23.5. The number of methoxy groups -OCH3 is 1. The van der Waals surface area contributed by atoms with Crippen LogP contribution in [-0.4, -0.2) is 78.2 Å². The molecule has 0 spiro atoms. The monoisotopic (exact) mass is 452 g/mol. The lowest BCUT2D eigenvalue weighted by Crippen LogP contribution is -2.42. The molecule has 0 aromatic heterocycles. The standard InChI is InChI=1S/C25H28N2O6/c1-16-3-5-17(6-4-16)23(29)21-22(18-7-8-19(28)20(15-18)32-2)27(25(31)24(21)30)10-9-26-11-13-33-14-12-26/h3-8,15,22,28-29H,9-14H2,1-2H3/t22-/m1/s1. The van der Waals surface area contributed by atoms with Crippen LogP contribution >= 0.6 is 0 Å². The molecule has 2 aromatic rings. The van der Waals surface area contributed by atoms with E-state index < -0.39 is 17.7 Å². The first-order valence-electron chi connectivity index (χ1n) is 10.9. The predicted octanol–water partition coefficient (Wildman–Crippen LogP) is 2.46. The van der Waals surface area contributed by atoms with Gasteiger partial charge in [0.1, 0.15) is 5.76 Å². The first kappa shape index (κ1) is 22.8. The van der Waals surface area contributed by atoms with Crippen molar-refractivity contribution in [1.82, 2.24) is 9.80 Å². The van der Waals surface area contributed by atoms with Crippen molar-refractivity contribution in [3.63, 3.8) is 0 Å². The van der Waals surface area contributed by atoms with Crippen molar-refractivity contribution in [3.8, 4) is 11.5 Å². The largest absolute Gasteiger partial charge is 0.507 e. The summed E-state index contributed by atoms with van der Waals surface area (Å²) in [5.74, 6) is -1.44. The minimum Gasteiger partial charge on any atom is -0.507 e. The van der Waals surface area contributed by atoms with Gasteiger partial charge in [0.2, 0.25) is 0 Å². The van der Waals surface area contributed by atoms with Crippen molar-refractivity contribution in [2.45, 2.75) is 13.0 Å². The number of nitrogens with zero attached hydrogens (tertiary/aromatic N) is 2. The van der Waals surface area contributed by atoms with Gasteiger partial charge in [-0.2, -0.15) is 0 Å². The Bertz CT molecular complexity index is 1070. The Balaban J connectivity index is 1.76. The summed E-state index contributed by atoms with van der Waals surface area (Å²) < 4.78 is 10.6. The first-order chi connectivity index (χ1) is 15.9. The van der Waals surface area contributed by atoms with Crippen LogP contribution in [0.1, 0.15) is 22.7 Å². The summed E-state index contributed by atoms with van der Waals surface area (Å²) in [5, 5.41) is 21.2. The minimum atomic E-state index is -0.804. The third-order valence-electron chi connectivity index (χ3n) is 6.15. The number of likely N-dealkylation sites (tertiary alicyclic amines) is 1. The lowest BCUT2D eigenvalue weighted by atomic mass is 9.94. The molecule has 0 aliphatic carbocycles. The smallest absolute Gasteiger partial charge is 0.295 e. The van der Waals surface area contributed by atoms with Gasteiger partial charge in [-0.15, -0.1) is 0 Å². The zero-order valence-corrected chi connectivity index (χ0v) is 18.8.